The normalized spacial score (nSPS) is 18.4. The van der Waals surface area contributed by atoms with Crippen molar-refractivity contribution in [2.45, 2.75) is 46.0 Å². The van der Waals surface area contributed by atoms with Crippen molar-refractivity contribution >= 4 is 17.5 Å². The summed E-state index contributed by atoms with van der Waals surface area (Å²) in [5.41, 5.74) is 0.867. The molecule has 0 spiro atoms. The molecule has 0 N–H and O–H groups in total. The molecular weight excluding hydrogens is 338 g/mol. The molecule has 0 bridgehead atoms. The molecule has 3 rings (SSSR count). The zero-order valence-corrected chi connectivity index (χ0v) is 15.7. The van der Waals surface area contributed by atoms with Crippen molar-refractivity contribution in [2.75, 3.05) is 13.1 Å². The van der Waals surface area contributed by atoms with Gasteiger partial charge < -0.3 is 9.42 Å². The molecule has 2 heterocycles. The number of carbonyl (C=O) groups is 1. The van der Waals surface area contributed by atoms with Gasteiger partial charge in [0, 0.05) is 30.1 Å². The largest absolute Gasteiger partial charge is 0.342 e. The van der Waals surface area contributed by atoms with Gasteiger partial charge in [0.25, 0.3) is 0 Å². The minimum absolute atomic E-state index is 0.00370. The third-order valence-corrected chi connectivity index (χ3v) is 4.60. The SMILES string of the molecule is CC(C)(C)CC(=O)N1CCC[C@H](c2nc(-c3ccc(Cl)cc3)no2)C1. The lowest BCUT2D eigenvalue weighted by Crippen LogP contribution is -2.40. The Bertz CT molecular complexity index is 734. The number of nitrogens with zero attached hydrogens (tertiary/aromatic N) is 3. The lowest BCUT2D eigenvalue weighted by Gasteiger charge is -2.33. The van der Waals surface area contributed by atoms with Gasteiger partial charge in [0.1, 0.15) is 0 Å². The minimum atomic E-state index is -0.00370. The maximum absolute atomic E-state index is 12.5. The standard InChI is InChI=1S/C19H24ClN3O2/c1-19(2,3)11-16(24)23-10-4-5-14(12-23)18-21-17(22-25-18)13-6-8-15(20)9-7-13/h6-9,14H,4-5,10-12H2,1-3H3/t14-/m0/s1. The van der Waals surface area contributed by atoms with E-state index in [0.717, 1.165) is 24.9 Å². The van der Waals surface area contributed by atoms with Crippen LogP contribution in [-0.4, -0.2) is 34.0 Å². The molecule has 1 aromatic heterocycles. The summed E-state index contributed by atoms with van der Waals surface area (Å²) in [7, 11) is 0. The van der Waals surface area contributed by atoms with Gasteiger partial charge >= 0.3 is 0 Å². The molecule has 1 saturated heterocycles. The summed E-state index contributed by atoms with van der Waals surface area (Å²) >= 11 is 5.92. The highest BCUT2D eigenvalue weighted by molar-refractivity contribution is 6.30. The van der Waals surface area contributed by atoms with Crippen molar-refractivity contribution < 1.29 is 9.32 Å². The summed E-state index contributed by atoms with van der Waals surface area (Å²) < 4.78 is 5.49. The molecule has 134 valence electrons. The molecule has 25 heavy (non-hydrogen) atoms. The molecule has 2 aromatic rings. The van der Waals surface area contributed by atoms with Gasteiger partial charge in [0.15, 0.2) is 0 Å². The van der Waals surface area contributed by atoms with Crippen molar-refractivity contribution in [3.63, 3.8) is 0 Å². The summed E-state index contributed by atoms with van der Waals surface area (Å²) in [4.78, 5) is 19.0. The Morgan fingerprint density at radius 2 is 2.04 bits per heavy atom. The van der Waals surface area contributed by atoms with Crippen LogP contribution in [0.2, 0.25) is 5.02 Å². The monoisotopic (exact) mass is 361 g/mol. The highest BCUT2D eigenvalue weighted by atomic mass is 35.5. The van der Waals surface area contributed by atoms with E-state index in [2.05, 4.69) is 30.9 Å². The third kappa shape index (κ3) is 4.60. The average Bonchev–Trinajstić information content (AvgIpc) is 3.04. The van der Waals surface area contributed by atoms with E-state index in [0.29, 0.717) is 29.7 Å². The van der Waals surface area contributed by atoms with E-state index in [-0.39, 0.29) is 17.2 Å². The van der Waals surface area contributed by atoms with Crippen molar-refractivity contribution in [3.05, 3.63) is 35.2 Å². The molecule has 0 radical (unpaired) electrons. The number of carbonyl (C=O) groups excluding carboxylic acids is 1. The first-order valence-corrected chi connectivity index (χ1v) is 9.07. The van der Waals surface area contributed by atoms with Gasteiger partial charge in [0.05, 0.1) is 5.92 Å². The van der Waals surface area contributed by atoms with E-state index < -0.39 is 0 Å². The highest BCUT2D eigenvalue weighted by Crippen LogP contribution is 2.29. The summed E-state index contributed by atoms with van der Waals surface area (Å²) in [5.74, 6) is 1.48. The van der Waals surface area contributed by atoms with Crippen molar-refractivity contribution in [1.29, 1.82) is 0 Å². The molecule has 1 atom stereocenters. The fourth-order valence-electron chi connectivity index (χ4n) is 3.09. The Hall–Kier alpha value is -1.88. The topological polar surface area (TPSA) is 59.2 Å². The second kappa shape index (κ2) is 7.16. The molecule has 0 unspecified atom stereocenters. The highest BCUT2D eigenvalue weighted by Gasteiger charge is 2.30. The fraction of sp³-hybridized carbons (Fsp3) is 0.526. The Labute approximate surface area is 153 Å². The molecule has 1 aromatic carbocycles. The molecule has 1 aliphatic rings. The van der Waals surface area contributed by atoms with Crippen molar-refractivity contribution in [2.24, 2.45) is 5.41 Å². The van der Waals surface area contributed by atoms with Gasteiger partial charge in [-0.25, -0.2) is 0 Å². The first-order chi connectivity index (χ1) is 11.8. The van der Waals surface area contributed by atoms with Crippen LogP contribution < -0.4 is 0 Å². The van der Waals surface area contributed by atoms with Crippen molar-refractivity contribution in [1.82, 2.24) is 15.0 Å². The second-order valence-electron chi connectivity index (χ2n) is 7.88. The average molecular weight is 362 g/mol. The first kappa shape index (κ1) is 17.9. The number of aromatic nitrogens is 2. The van der Waals surface area contributed by atoms with Crippen LogP contribution in [0.15, 0.2) is 28.8 Å². The van der Waals surface area contributed by atoms with Gasteiger partial charge in [-0.05, 0) is 42.5 Å². The lowest BCUT2D eigenvalue weighted by molar-refractivity contribution is -0.134. The molecule has 1 amide bonds. The molecule has 1 fully saturated rings. The fourth-order valence-corrected chi connectivity index (χ4v) is 3.21. The van der Waals surface area contributed by atoms with E-state index in [1.54, 1.807) is 12.1 Å². The van der Waals surface area contributed by atoms with E-state index >= 15 is 0 Å². The molecule has 5 nitrogen and oxygen atoms in total. The number of amides is 1. The number of benzene rings is 1. The van der Waals surface area contributed by atoms with Crippen LogP contribution in [0, 0.1) is 5.41 Å². The number of rotatable bonds is 3. The summed E-state index contributed by atoms with van der Waals surface area (Å²) in [6, 6.07) is 7.36. The van der Waals surface area contributed by atoms with Crippen LogP contribution in [0.25, 0.3) is 11.4 Å². The lowest BCUT2D eigenvalue weighted by atomic mass is 9.90. The second-order valence-corrected chi connectivity index (χ2v) is 8.32. The number of hydrogen-bond acceptors (Lipinski definition) is 4. The number of piperidine rings is 1. The molecule has 0 saturated carbocycles. The predicted molar refractivity (Wildman–Crippen MR) is 97.4 cm³/mol. The van der Waals surface area contributed by atoms with Gasteiger partial charge in [-0.3, -0.25) is 4.79 Å². The van der Waals surface area contributed by atoms with Crippen LogP contribution in [0.5, 0.6) is 0 Å². The Balaban J connectivity index is 1.70. The first-order valence-electron chi connectivity index (χ1n) is 8.69. The van der Waals surface area contributed by atoms with Crippen LogP contribution in [0.3, 0.4) is 0 Å². The van der Waals surface area contributed by atoms with Crippen LogP contribution in [-0.2, 0) is 4.79 Å². The Morgan fingerprint density at radius 1 is 1.32 bits per heavy atom. The number of hydrogen-bond donors (Lipinski definition) is 0. The zero-order chi connectivity index (χ0) is 18.0. The molecule has 1 aliphatic heterocycles. The minimum Gasteiger partial charge on any atom is -0.342 e. The quantitative estimate of drug-likeness (QED) is 0.805. The van der Waals surface area contributed by atoms with Gasteiger partial charge in [0.2, 0.25) is 17.6 Å². The number of likely N-dealkylation sites (tertiary alicyclic amines) is 1. The smallest absolute Gasteiger partial charge is 0.231 e. The van der Waals surface area contributed by atoms with E-state index in [9.17, 15) is 4.79 Å². The van der Waals surface area contributed by atoms with Crippen LogP contribution >= 0.6 is 11.6 Å². The zero-order valence-electron chi connectivity index (χ0n) is 15.0. The summed E-state index contributed by atoms with van der Waals surface area (Å²) in [6.45, 7) is 7.72. The molecular formula is C19H24ClN3O2. The van der Waals surface area contributed by atoms with E-state index in [1.807, 2.05) is 17.0 Å². The predicted octanol–water partition coefficient (Wildman–Crippen LogP) is 4.53. The van der Waals surface area contributed by atoms with Crippen molar-refractivity contribution in [3.8, 4) is 11.4 Å². The maximum atomic E-state index is 12.5. The van der Waals surface area contributed by atoms with Gasteiger partial charge in [-0.15, -0.1) is 0 Å². The van der Waals surface area contributed by atoms with Crippen LogP contribution in [0.1, 0.15) is 51.8 Å². The number of halogens is 1. The van der Waals surface area contributed by atoms with Gasteiger partial charge in [-0.2, -0.15) is 4.98 Å². The Kier molecular flexibility index (Phi) is 5.13. The molecule has 6 heteroatoms. The summed E-state index contributed by atoms with van der Waals surface area (Å²) in [6.07, 6.45) is 2.47. The maximum Gasteiger partial charge on any atom is 0.231 e. The van der Waals surface area contributed by atoms with E-state index in [1.165, 1.54) is 0 Å². The summed E-state index contributed by atoms with van der Waals surface area (Å²) in [5, 5.41) is 4.76. The van der Waals surface area contributed by atoms with E-state index in [4.69, 9.17) is 16.1 Å². The molecule has 0 aliphatic carbocycles. The third-order valence-electron chi connectivity index (χ3n) is 4.35. The Morgan fingerprint density at radius 3 is 2.72 bits per heavy atom. The van der Waals surface area contributed by atoms with Gasteiger partial charge in [-0.1, -0.05) is 37.5 Å². The van der Waals surface area contributed by atoms with Crippen LogP contribution in [0.4, 0.5) is 0 Å².